The van der Waals surface area contributed by atoms with Gasteiger partial charge < -0.3 is 4.90 Å². The third kappa shape index (κ3) is 2.51. The number of nitrogens with zero attached hydrogens (tertiary/aromatic N) is 1. The predicted molar refractivity (Wildman–Crippen MR) is 64.0 cm³/mol. The predicted octanol–water partition coefficient (Wildman–Crippen LogP) is 2.83. The van der Waals surface area contributed by atoms with E-state index < -0.39 is 0 Å². The second-order valence-electron chi connectivity index (χ2n) is 2.98. The minimum atomic E-state index is 0.00463. The van der Waals surface area contributed by atoms with Gasteiger partial charge in [0.15, 0.2) is 0 Å². The Morgan fingerprint density at radius 3 is 2.71 bits per heavy atom. The van der Waals surface area contributed by atoms with Gasteiger partial charge in [-0.1, -0.05) is 15.9 Å². The number of rotatable bonds is 2. The molecule has 0 spiro atoms. The summed E-state index contributed by atoms with van der Waals surface area (Å²) in [5.41, 5.74) is 0.640. The van der Waals surface area contributed by atoms with Gasteiger partial charge in [0.2, 0.25) is 0 Å². The van der Waals surface area contributed by atoms with Gasteiger partial charge in [-0.25, -0.2) is 0 Å². The molecular weight excluding hydrogens is 262 g/mol. The fourth-order valence-electron chi connectivity index (χ4n) is 1.03. The lowest BCUT2D eigenvalue weighted by molar-refractivity contribution is 0.0799. The van der Waals surface area contributed by atoms with Gasteiger partial charge in [0, 0.05) is 23.0 Å². The van der Waals surface area contributed by atoms with Crippen LogP contribution in [0.25, 0.3) is 0 Å². The third-order valence-corrected chi connectivity index (χ3v) is 2.87. The molecule has 0 heterocycles. The molecule has 0 aliphatic heterocycles. The van der Waals surface area contributed by atoms with Crippen LogP contribution >= 0.6 is 28.6 Å². The van der Waals surface area contributed by atoms with E-state index in [4.69, 9.17) is 0 Å². The highest BCUT2D eigenvalue weighted by atomic mass is 79.9. The Kier molecular flexibility index (Phi) is 4.01. The van der Waals surface area contributed by atoms with Crippen molar-refractivity contribution < 1.29 is 4.79 Å². The molecule has 4 heteroatoms. The van der Waals surface area contributed by atoms with Crippen molar-refractivity contribution in [3.8, 4) is 0 Å². The van der Waals surface area contributed by atoms with Crippen LogP contribution in [0.5, 0.6) is 0 Å². The summed E-state index contributed by atoms with van der Waals surface area (Å²) in [5, 5.41) is 0. The van der Waals surface area contributed by atoms with Gasteiger partial charge in [0.1, 0.15) is 0 Å². The second kappa shape index (κ2) is 4.84. The zero-order valence-electron chi connectivity index (χ0n) is 8.12. The largest absolute Gasteiger partial charge is 0.342 e. The standard InChI is InChI=1S/C10H12BrNOS/c1-3-12(2)10(13)8-5-4-7(11)6-9(8)14/h4-6,14H,3H2,1-2H3. The minimum Gasteiger partial charge on any atom is -0.342 e. The highest BCUT2D eigenvalue weighted by Gasteiger charge is 2.12. The maximum Gasteiger partial charge on any atom is 0.254 e. The molecule has 1 aromatic rings. The first-order valence-electron chi connectivity index (χ1n) is 4.30. The van der Waals surface area contributed by atoms with E-state index in [1.54, 1.807) is 18.0 Å². The summed E-state index contributed by atoms with van der Waals surface area (Å²) in [6, 6.07) is 5.44. The highest BCUT2D eigenvalue weighted by molar-refractivity contribution is 9.10. The smallest absolute Gasteiger partial charge is 0.254 e. The highest BCUT2D eigenvalue weighted by Crippen LogP contribution is 2.20. The molecule has 0 aromatic heterocycles. The third-order valence-electron chi connectivity index (χ3n) is 2.01. The van der Waals surface area contributed by atoms with E-state index in [2.05, 4.69) is 28.6 Å². The van der Waals surface area contributed by atoms with Crippen molar-refractivity contribution in [2.75, 3.05) is 13.6 Å². The summed E-state index contributed by atoms with van der Waals surface area (Å²) in [6.45, 7) is 2.64. The van der Waals surface area contributed by atoms with Gasteiger partial charge in [-0.3, -0.25) is 4.79 Å². The maximum atomic E-state index is 11.8. The molecule has 0 atom stereocenters. The molecule has 1 rings (SSSR count). The molecule has 0 bridgehead atoms. The van der Waals surface area contributed by atoms with E-state index in [1.807, 2.05) is 19.1 Å². The Bertz CT molecular complexity index is 354. The van der Waals surface area contributed by atoms with Crippen molar-refractivity contribution >= 4 is 34.5 Å². The summed E-state index contributed by atoms with van der Waals surface area (Å²) < 4.78 is 0.929. The van der Waals surface area contributed by atoms with Crippen molar-refractivity contribution in [2.24, 2.45) is 0 Å². The van der Waals surface area contributed by atoms with Gasteiger partial charge in [-0.15, -0.1) is 12.6 Å². The van der Waals surface area contributed by atoms with Crippen LogP contribution < -0.4 is 0 Å². The average molecular weight is 274 g/mol. The molecule has 0 aliphatic rings. The Balaban J connectivity index is 3.02. The molecule has 0 saturated heterocycles. The van der Waals surface area contributed by atoms with E-state index in [0.717, 1.165) is 4.47 Å². The summed E-state index contributed by atoms with van der Waals surface area (Å²) >= 11 is 7.59. The zero-order chi connectivity index (χ0) is 10.7. The average Bonchev–Trinajstić information content (AvgIpc) is 2.15. The van der Waals surface area contributed by atoms with Gasteiger partial charge in [0.05, 0.1) is 5.56 Å². The number of carbonyl (C=O) groups excluding carboxylic acids is 1. The molecule has 0 N–H and O–H groups in total. The first-order valence-corrected chi connectivity index (χ1v) is 5.54. The summed E-state index contributed by atoms with van der Waals surface area (Å²) in [7, 11) is 1.78. The fraction of sp³-hybridized carbons (Fsp3) is 0.300. The molecule has 14 heavy (non-hydrogen) atoms. The first kappa shape index (κ1) is 11.6. The number of hydrogen-bond acceptors (Lipinski definition) is 2. The van der Waals surface area contributed by atoms with Crippen LogP contribution in [0.4, 0.5) is 0 Å². The summed E-state index contributed by atoms with van der Waals surface area (Å²) in [5.74, 6) is 0.00463. The normalized spacial score (nSPS) is 10.0. The molecule has 1 aromatic carbocycles. The first-order chi connectivity index (χ1) is 6.56. The lowest BCUT2D eigenvalue weighted by atomic mass is 10.2. The van der Waals surface area contributed by atoms with Crippen molar-refractivity contribution in [2.45, 2.75) is 11.8 Å². The molecular formula is C10H12BrNOS. The number of benzene rings is 1. The van der Waals surface area contributed by atoms with Gasteiger partial charge >= 0.3 is 0 Å². The van der Waals surface area contributed by atoms with Crippen molar-refractivity contribution in [1.82, 2.24) is 4.90 Å². The molecule has 1 amide bonds. The summed E-state index contributed by atoms with van der Waals surface area (Å²) in [6.07, 6.45) is 0. The molecule has 0 fully saturated rings. The lowest BCUT2D eigenvalue weighted by Gasteiger charge is -2.15. The van der Waals surface area contributed by atoms with E-state index in [0.29, 0.717) is 17.0 Å². The number of thiol groups is 1. The Labute approximate surface area is 97.8 Å². The van der Waals surface area contributed by atoms with E-state index in [1.165, 1.54) is 0 Å². The van der Waals surface area contributed by atoms with Crippen LogP contribution in [0.2, 0.25) is 0 Å². The monoisotopic (exact) mass is 273 g/mol. The van der Waals surface area contributed by atoms with Crippen molar-refractivity contribution in [3.63, 3.8) is 0 Å². The quantitative estimate of drug-likeness (QED) is 0.822. The van der Waals surface area contributed by atoms with Gasteiger partial charge in [-0.2, -0.15) is 0 Å². The number of halogens is 1. The molecule has 0 unspecified atom stereocenters. The zero-order valence-corrected chi connectivity index (χ0v) is 10.6. The molecule has 0 saturated carbocycles. The number of carbonyl (C=O) groups is 1. The topological polar surface area (TPSA) is 20.3 Å². The van der Waals surface area contributed by atoms with Gasteiger partial charge in [0.25, 0.3) is 5.91 Å². The Morgan fingerprint density at radius 2 is 2.21 bits per heavy atom. The van der Waals surface area contributed by atoms with E-state index in [-0.39, 0.29) is 5.91 Å². The molecule has 76 valence electrons. The lowest BCUT2D eigenvalue weighted by Crippen LogP contribution is -2.26. The van der Waals surface area contributed by atoms with Crippen LogP contribution in [-0.2, 0) is 0 Å². The van der Waals surface area contributed by atoms with Crippen LogP contribution in [0.15, 0.2) is 27.6 Å². The Hall–Kier alpha value is -0.480. The van der Waals surface area contributed by atoms with E-state index in [9.17, 15) is 4.79 Å². The van der Waals surface area contributed by atoms with Crippen LogP contribution in [-0.4, -0.2) is 24.4 Å². The molecule has 0 aliphatic carbocycles. The molecule has 2 nitrogen and oxygen atoms in total. The van der Waals surface area contributed by atoms with Crippen LogP contribution in [0, 0.1) is 0 Å². The van der Waals surface area contributed by atoms with Crippen molar-refractivity contribution in [3.05, 3.63) is 28.2 Å². The van der Waals surface area contributed by atoms with E-state index >= 15 is 0 Å². The van der Waals surface area contributed by atoms with Gasteiger partial charge in [-0.05, 0) is 25.1 Å². The summed E-state index contributed by atoms with van der Waals surface area (Å²) in [4.78, 5) is 14.1. The molecule has 0 radical (unpaired) electrons. The second-order valence-corrected chi connectivity index (χ2v) is 4.38. The Morgan fingerprint density at radius 1 is 1.57 bits per heavy atom. The van der Waals surface area contributed by atoms with Crippen LogP contribution in [0.3, 0.4) is 0 Å². The fourth-order valence-corrected chi connectivity index (χ4v) is 1.88. The minimum absolute atomic E-state index is 0.00463. The maximum absolute atomic E-state index is 11.8. The number of hydrogen-bond donors (Lipinski definition) is 1. The van der Waals surface area contributed by atoms with Crippen LogP contribution in [0.1, 0.15) is 17.3 Å². The number of amides is 1. The SMILES string of the molecule is CCN(C)C(=O)c1ccc(Br)cc1S. The van der Waals surface area contributed by atoms with Crippen molar-refractivity contribution in [1.29, 1.82) is 0 Å².